The molecular weight excluding hydrogens is 290 g/mol. The van der Waals surface area contributed by atoms with E-state index < -0.39 is 0 Å². The van der Waals surface area contributed by atoms with E-state index in [4.69, 9.17) is 16.3 Å². The van der Waals surface area contributed by atoms with Crippen molar-refractivity contribution >= 4 is 17.5 Å². The van der Waals surface area contributed by atoms with Crippen molar-refractivity contribution in [2.75, 3.05) is 19.7 Å². The normalized spacial score (nSPS) is 29.6. The highest BCUT2D eigenvalue weighted by atomic mass is 35.5. The van der Waals surface area contributed by atoms with E-state index in [0.717, 1.165) is 10.6 Å². The first kappa shape index (κ1) is 14.8. The largest absolute Gasteiger partial charge is 0.375 e. The lowest BCUT2D eigenvalue weighted by molar-refractivity contribution is -0.140. The topological polar surface area (TPSA) is 53.6 Å². The number of nitrogens with one attached hydrogen (secondary N) is 2. The molecule has 2 N–H and O–H groups in total. The second-order valence-corrected chi connectivity index (χ2v) is 6.02. The Morgan fingerprint density at radius 1 is 1.38 bits per heavy atom. The third-order valence-corrected chi connectivity index (χ3v) is 4.38. The van der Waals surface area contributed by atoms with Crippen molar-refractivity contribution in [2.45, 2.75) is 31.5 Å². The third kappa shape index (κ3) is 3.21. The molecule has 1 aromatic carbocycles. The molecule has 0 aromatic heterocycles. The molecule has 0 bridgehead atoms. The van der Waals surface area contributed by atoms with E-state index in [1.807, 2.05) is 36.1 Å². The van der Waals surface area contributed by atoms with Crippen molar-refractivity contribution in [3.8, 4) is 0 Å². The molecule has 0 aliphatic carbocycles. The van der Waals surface area contributed by atoms with Crippen LogP contribution in [0.25, 0.3) is 0 Å². The maximum atomic E-state index is 12.5. The molecule has 5 nitrogen and oxygen atoms in total. The van der Waals surface area contributed by atoms with Gasteiger partial charge in [0.15, 0.2) is 0 Å². The van der Waals surface area contributed by atoms with Gasteiger partial charge in [0.1, 0.15) is 6.04 Å². The van der Waals surface area contributed by atoms with Gasteiger partial charge in [-0.15, -0.1) is 0 Å². The molecule has 1 aromatic rings. The molecule has 114 valence electrons. The van der Waals surface area contributed by atoms with E-state index in [1.54, 1.807) is 0 Å². The third-order valence-electron chi connectivity index (χ3n) is 4.03. The lowest BCUT2D eigenvalue weighted by Gasteiger charge is -2.32. The van der Waals surface area contributed by atoms with Crippen LogP contribution in [-0.2, 0) is 9.53 Å². The smallest absolute Gasteiger partial charge is 0.241 e. The van der Waals surface area contributed by atoms with Crippen LogP contribution < -0.4 is 10.9 Å². The Balaban J connectivity index is 1.64. The van der Waals surface area contributed by atoms with E-state index in [1.165, 1.54) is 0 Å². The first-order valence-electron chi connectivity index (χ1n) is 7.31. The summed E-state index contributed by atoms with van der Waals surface area (Å²) in [5.41, 5.74) is 7.31. The second kappa shape index (κ2) is 6.32. The highest BCUT2D eigenvalue weighted by Crippen LogP contribution is 2.28. The number of rotatable bonds is 2. The Morgan fingerprint density at radius 3 is 2.95 bits per heavy atom. The number of hydrogen-bond acceptors (Lipinski definition) is 4. The number of carbonyl (C=O) groups excluding carboxylic acids is 1. The highest BCUT2D eigenvalue weighted by Gasteiger charge is 2.34. The van der Waals surface area contributed by atoms with Crippen molar-refractivity contribution < 1.29 is 9.53 Å². The first-order valence-corrected chi connectivity index (χ1v) is 7.69. The Hall–Kier alpha value is -1.14. The summed E-state index contributed by atoms with van der Waals surface area (Å²) in [4.78, 5) is 14.4. The predicted molar refractivity (Wildman–Crippen MR) is 80.9 cm³/mol. The molecule has 2 heterocycles. The summed E-state index contributed by atoms with van der Waals surface area (Å²) < 4.78 is 5.48. The molecule has 1 amide bonds. The number of carbonyl (C=O) groups is 1. The fourth-order valence-electron chi connectivity index (χ4n) is 2.92. The Bertz CT molecular complexity index is 525. The SMILES string of the molecule is CC1CN(C(=O)C2CC(c3ccccc3Cl)NN2)CCO1. The average Bonchev–Trinajstić information content (AvgIpc) is 2.96. The van der Waals surface area contributed by atoms with E-state index in [-0.39, 0.29) is 24.1 Å². The maximum absolute atomic E-state index is 12.5. The second-order valence-electron chi connectivity index (χ2n) is 5.62. The van der Waals surface area contributed by atoms with E-state index in [0.29, 0.717) is 26.1 Å². The van der Waals surface area contributed by atoms with Gasteiger partial charge in [-0.05, 0) is 25.0 Å². The van der Waals surface area contributed by atoms with Crippen molar-refractivity contribution in [2.24, 2.45) is 0 Å². The average molecular weight is 310 g/mol. The quantitative estimate of drug-likeness (QED) is 0.869. The summed E-state index contributed by atoms with van der Waals surface area (Å²) in [7, 11) is 0. The number of benzene rings is 1. The predicted octanol–water partition coefficient (Wildman–Crippen LogP) is 1.49. The van der Waals surface area contributed by atoms with Crippen LogP contribution in [-0.4, -0.2) is 42.6 Å². The molecule has 3 unspecified atom stereocenters. The molecule has 2 aliphatic rings. The fraction of sp³-hybridized carbons (Fsp3) is 0.533. The minimum absolute atomic E-state index is 0.0612. The van der Waals surface area contributed by atoms with Gasteiger partial charge >= 0.3 is 0 Å². The van der Waals surface area contributed by atoms with E-state index >= 15 is 0 Å². The minimum atomic E-state index is -0.212. The first-order chi connectivity index (χ1) is 10.1. The number of amides is 1. The van der Waals surface area contributed by atoms with E-state index in [9.17, 15) is 4.79 Å². The summed E-state index contributed by atoms with van der Waals surface area (Å²) in [5, 5.41) is 0.727. The minimum Gasteiger partial charge on any atom is -0.375 e. The molecule has 3 rings (SSSR count). The zero-order valence-electron chi connectivity index (χ0n) is 12.0. The van der Waals surface area contributed by atoms with Crippen LogP contribution in [0, 0.1) is 0 Å². The summed E-state index contributed by atoms with van der Waals surface area (Å²) in [5.74, 6) is 0.132. The monoisotopic (exact) mass is 309 g/mol. The number of morpholine rings is 1. The van der Waals surface area contributed by atoms with Crippen molar-refractivity contribution in [3.05, 3.63) is 34.9 Å². The Labute approximate surface area is 129 Å². The number of hydrogen-bond donors (Lipinski definition) is 2. The van der Waals surface area contributed by atoms with Gasteiger partial charge in [-0.3, -0.25) is 4.79 Å². The number of ether oxygens (including phenoxy) is 1. The summed E-state index contributed by atoms with van der Waals surface area (Å²) in [6.07, 6.45) is 0.810. The number of nitrogens with zero attached hydrogens (tertiary/aromatic N) is 1. The lowest BCUT2D eigenvalue weighted by Crippen LogP contribution is -2.51. The standard InChI is InChI=1S/C15H20ClN3O2/c1-10-9-19(6-7-21-10)15(20)14-8-13(17-18-14)11-4-2-3-5-12(11)16/h2-5,10,13-14,17-18H,6-9H2,1H3. The summed E-state index contributed by atoms with van der Waals surface area (Å²) in [6, 6.07) is 7.58. The van der Waals surface area contributed by atoms with Crippen LogP contribution in [0.3, 0.4) is 0 Å². The van der Waals surface area contributed by atoms with Gasteiger partial charge in [-0.1, -0.05) is 29.8 Å². The molecule has 0 spiro atoms. The van der Waals surface area contributed by atoms with Crippen molar-refractivity contribution in [1.29, 1.82) is 0 Å². The lowest BCUT2D eigenvalue weighted by atomic mass is 10.0. The van der Waals surface area contributed by atoms with Crippen molar-refractivity contribution in [3.63, 3.8) is 0 Å². The van der Waals surface area contributed by atoms with Crippen LogP contribution in [0.4, 0.5) is 0 Å². The zero-order chi connectivity index (χ0) is 14.8. The van der Waals surface area contributed by atoms with Gasteiger partial charge < -0.3 is 9.64 Å². The molecule has 2 saturated heterocycles. The molecule has 0 radical (unpaired) electrons. The number of halogens is 1. The van der Waals surface area contributed by atoms with Crippen LogP contribution in [0.2, 0.25) is 5.02 Å². The van der Waals surface area contributed by atoms with Crippen LogP contribution >= 0.6 is 11.6 Å². The molecular formula is C15H20ClN3O2. The van der Waals surface area contributed by atoms with Crippen LogP contribution in [0.1, 0.15) is 24.9 Å². The van der Waals surface area contributed by atoms with Gasteiger partial charge in [-0.2, -0.15) is 0 Å². The Kier molecular flexibility index (Phi) is 4.45. The summed E-state index contributed by atoms with van der Waals surface area (Å²) in [6.45, 7) is 3.93. The molecule has 2 aliphatic heterocycles. The maximum Gasteiger partial charge on any atom is 0.241 e. The molecule has 2 fully saturated rings. The van der Waals surface area contributed by atoms with Crippen LogP contribution in [0.5, 0.6) is 0 Å². The Morgan fingerprint density at radius 2 is 2.19 bits per heavy atom. The van der Waals surface area contributed by atoms with Gasteiger partial charge in [0.05, 0.1) is 12.7 Å². The van der Waals surface area contributed by atoms with Gasteiger partial charge in [0.25, 0.3) is 0 Å². The van der Waals surface area contributed by atoms with Gasteiger partial charge in [-0.25, -0.2) is 10.9 Å². The molecule has 0 saturated carbocycles. The van der Waals surface area contributed by atoms with Crippen molar-refractivity contribution in [1.82, 2.24) is 15.8 Å². The fourth-order valence-corrected chi connectivity index (χ4v) is 3.19. The molecule has 21 heavy (non-hydrogen) atoms. The summed E-state index contributed by atoms with van der Waals surface area (Å²) >= 11 is 6.22. The molecule has 3 atom stereocenters. The zero-order valence-corrected chi connectivity index (χ0v) is 12.8. The van der Waals surface area contributed by atoms with Crippen LogP contribution in [0.15, 0.2) is 24.3 Å². The highest BCUT2D eigenvalue weighted by molar-refractivity contribution is 6.31. The van der Waals surface area contributed by atoms with Gasteiger partial charge in [0.2, 0.25) is 5.91 Å². The number of hydrazine groups is 1. The van der Waals surface area contributed by atoms with Gasteiger partial charge in [0, 0.05) is 24.2 Å². The molecule has 6 heteroatoms. The van der Waals surface area contributed by atoms with E-state index in [2.05, 4.69) is 10.9 Å².